The number of ether oxygens (including phenoxy) is 2. The minimum Gasteiger partial charge on any atom is -0.543 e. The van der Waals surface area contributed by atoms with E-state index in [0.717, 1.165) is 60.2 Å². The smallest absolute Gasteiger partial charge is 0.250 e. The van der Waals surface area contributed by atoms with Crippen molar-refractivity contribution in [2.45, 2.75) is 90.2 Å². The number of fused-ring (bicyclic) bond motifs is 1. The van der Waals surface area contributed by atoms with Gasteiger partial charge >= 0.3 is 0 Å². The molecular formula is C28H44N4O4Si. The third-order valence-electron chi connectivity index (χ3n) is 7.74. The van der Waals surface area contributed by atoms with E-state index in [9.17, 15) is 0 Å². The van der Waals surface area contributed by atoms with E-state index in [-0.39, 0.29) is 23.9 Å². The zero-order valence-corrected chi connectivity index (χ0v) is 24.4. The summed E-state index contributed by atoms with van der Waals surface area (Å²) < 4.78 is 22.4. The molecule has 8 nitrogen and oxygen atoms in total. The van der Waals surface area contributed by atoms with E-state index >= 15 is 0 Å². The van der Waals surface area contributed by atoms with Crippen molar-refractivity contribution in [3.63, 3.8) is 0 Å². The molecule has 3 heterocycles. The first-order valence-corrected chi connectivity index (χ1v) is 16.6. The molecule has 2 atom stereocenters. The van der Waals surface area contributed by atoms with Gasteiger partial charge in [-0.25, -0.2) is 4.68 Å². The van der Waals surface area contributed by atoms with Gasteiger partial charge in [0.1, 0.15) is 11.4 Å². The molecule has 0 bridgehead atoms. The third-order valence-corrected chi connectivity index (χ3v) is 12.1. The second-order valence-electron chi connectivity index (χ2n) is 11.7. The van der Waals surface area contributed by atoms with Crippen molar-refractivity contribution in [3.8, 4) is 17.0 Å². The lowest BCUT2D eigenvalue weighted by molar-refractivity contribution is -0.0365. The van der Waals surface area contributed by atoms with Gasteiger partial charge in [0, 0.05) is 43.6 Å². The number of nitrogens with zero attached hydrogens (tertiary/aromatic N) is 4. The Morgan fingerprint density at radius 3 is 2.73 bits per heavy atom. The number of hydrogen-bond acceptors (Lipinski definition) is 6. The van der Waals surface area contributed by atoms with Crippen LogP contribution in [-0.2, 0) is 9.47 Å². The Hall–Kier alpha value is -2.20. The highest BCUT2D eigenvalue weighted by Gasteiger charge is 2.39. The molecule has 3 aromatic rings. The molecule has 0 radical (unpaired) electrons. The molecule has 1 aliphatic heterocycles. The number of aromatic nitrogens is 4. The van der Waals surface area contributed by atoms with Crippen LogP contribution in [-0.4, -0.2) is 59.4 Å². The molecule has 0 spiro atoms. The minimum absolute atomic E-state index is 0.0535. The number of aliphatic hydroxyl groups excluding tert-OH is 1. The Morgan fingerprint density at radius 2 is 2.03 bits per heavy atom. The zero-order chi connectivity index (χ0) is 26.6. The average Bonchev–Trinajstić information content (AvgIpc) is 3.48. The van der Waals surface area contributed by atoms with Gasteiger partial charge < -0.3 is 19.0 Å². The molecule has 1 fully saturated rings. The van der Waals surface area contributed by atoms with Gasteiger partial charge in [0.05, 0.1) is 17.8 Å². The van der Waals surface area contributed by atoms with Crippen LogP contribution in [0.1, 0.15) is 72.1 Å². The second kappa shape index (κ2) is 11.7. The highest BCUT2D eigenvalue weighted by atomic mass is 28.4. The number of benzene rings is 1. The van der Waals surface area contributed by atoms with E-state index < -0.39 is 8.32 Å². The average molecular weight is 529 g/mol. The van der Waals surface area contributed by atoms with Gasteiger partial charge in [-0.3, -0.25) is 4.68 Å². The summed E-state index contributed by atoms with van der Waals surface area (Å²) in [5.41, 5.74) is 2.95. The lowest BCUT2D eigenvalue weighted by Crippen LogP contribution is -2.43. The molecule has 204 valence electrons. The van der Waals surface area contributed by atoms with Crippen molar-refractivity contribution in [1.29, 1.82) is 0 Å². The van der Waals surface area contributed by atoms with Crippen LogP contribution in [0.4, 0.5) is 0 Å². The van der Waals surface area contributed by atoms with Crippen molar-refractivity contribution < 1.29 is 19.0 Å². The molecule has 1 N–H and O–H groups in total. The second-order valence-corrected chi connectivity index (χ2v) is 16.4. The van der Waals surface area contributed by atoms with E-state index in [1.807, 2.05) is 10.9 Å². The predicted molar refractivity (Wildman–Crippen MR) is 149 cm³/mol. The SMILES string of the molecule is C[C@H](CCOCCCO)n1cc(-c2nn(C3CCCCO3)c3ccc(O[Si](C)(C)C(C)(C)C)cc23)cn1. The number of aliphatic hydroxyl groups is 1. The van der Waals surface area contributed by atoms with Crippen LogP contribution in [0.5, 0.6) is 5.75 Å². The fourth-order valence-corrected chi connectivity index (χ4v) is 5.36. The molecule has 0 amide bonds. The largest absolute Gasteiger partial charge is 0.543 e. The first-order chi connectivity index (χ1) is 17.6. The molecule has 9 heteroatoms. The van der Waals surface area contributed by atoms with Gasteiger partial charge in [0.15, 0.2) is 6.23 Å². The van der Waals surface area contributed by atoms with Crippen molar-refractivity contribution in [2.75, 3.05) is 26.4 Å². The fraction of sp³-hybridized carbons (Fsp3) is 0.643. The summed E-state index contributed by atoms with van der Waals surface area (Å²) in [7, 11) is -1.98. The van der Waals surface area contributed by atoms with Gasteiger partial charge in [-0.1, -0.05) is 20.8 Å². The topological polar surface area (TPSA) is 83.6 Å². The lowest BCUT2D eigenvalue weighted by Gasteiger charge is -2.36. The highest BCUT2D eigenvalue weighted by molar-refractivity contribution is 6.74. The molecule has 1 unspecified atom stereocenters. The maximum absolute atomic E-state index is 8.92. The Bertz CT molecular complexity index is 1160. The van der Waals surface area contributed by atoms with Crippen LogP contribution >= 0.6 is 0 Å². The number of hydrogen-bond donors (Lipinski definition) is 1. The molecule has 37 heavy (non-hydrogen) atoms. The van der Waals surface area contributed by atoms with Crippen LogP contribution in [0.15, 0.2) is 30.6 Å². The quantitative estimate of drug-likeness (QED) is 0.231. The van der Waals surface area contributed by atoms with Crippen molar-refractivity contribution in [1.82, 2.24) is 19.6 Å². The van der Waals surface area contributed by atoms with E-state index in [2.05, 4.69) is 75.0 Å². The summed E-state index contributed by atoms with van der Waals surface area (Å²) in [5, 5.41) is 19.8. The van der Waals surface area contributed by atoms with Gasteiger partial charge in [-0.05, 0) is 75.4 Å². The maximum Gasteiger partial charge on any atom is 0.250 e. The van der Waals surface area contributed by atoms with Crippen LogP contribution in [0.3, 0.4) is 0 Å². The van der Waals surface area contributed by atoms with Gasteiger partial charge in [0.25, 0.3) is 0 Å². The monoisotopic (exact) mass is 528 g/mol. The summed E-state index contributed by atoms with van der Waals surface area (Å²) in [6, 6.07) is 6.54. The zero-order valence-electron chi connectivity index (χ0n) is 23.4. The molecule has 0 aliphatic carbocycles. The lowest BCUT2D eigenvalue weighted by atomic mass is 10.1. The number of rotatable bonds is 11. The first kappa shape index (κ1) is 27.8. The van der Waals surface area contributed by atoms with Gasteiger partial charge in [-0.15, -0.1) is 0 Å². The molecule has 4 rings (SSSR count). The fourth-order valence-electron chi connectivity index (χ4n) is 4.34. The van der Waals surface area contributed by atoms with Crippen molar-refractivity contribution >= 4 is 19.2 Å². The van der Waals surface area contributed by atoms with E-state index in [1.54, 1.807) is 0 Å². The summed E-state index contributed by atoms with van der Waals surface area (Å²) in [4.78, 5) is 0. The predicted octanol–water partition coefficient (Wildman–Crippen LogP) is 6.33. The first-order valence-electron chi connectivity index (χ1n) is 13.7. The summed E-state index contributed by atoms with van der Waals surface area (Å²) in [5.74, 6) is 0.894. The van der Waals surface area contributed by atoms with Crippen molar-refractivity contribution in [3.05, 3.63) is 30.6 Å². The maximum atomic E-state index is 8.92. The molecule has 1 aromatic carbocycles. The van der Waals surface area contributed by atoms with Crippen LogP contribution < -0.4 is 4.43 Å². The van der Waals surface area contributed by atoms with Crippen molar-refractivity contribution in [2.24, 2.45) is 0 Å². The summed E-state index contributed by atoms with van der Waals surface area (Å²) in [6.07, 6.45) is 8.65. The standard InChI is InChI=1S/C28H44N4O4Si/c1-21(13-17-34-15-9-14-33)31-20-22(19-29-31)27-24-18-23(36-37(5,6)28(2,3)4)11-12-25(24)32(30-27)26-10-7-8-16-35-26/h11-12,18-21,26,33H,7-10,13-17H2,1-6H3/t21-,26?/m1/s1. The Kier molecular flexibility index (Phi) is 8.78. The summed E-state index contributed by atoms with van der Waals surface area (Å²) >= 11 is 0. The van der Waals surface area contributed by atoms with Crippen LogP contribution in [0, 0.1) is 0 Å². The Morgan fingerprint density at radius 1 is 1.22 bits per heavy atom. The van der Waals surface area contributed by atoms with Gasteiger partial charge in [-0.2, -0.15) is 10.2 Å². The summed E-state index contributed by atoms with van der Waals surface area (Å²) in [6.45, 7) is 15.6. The van der Waals surface area contributed by atoms with E-state index in [0.29, 0.717) is 19.6 Å². The molecule has 1 aliphatic rings. The normalized spacial score (nSPS) is 17.9. The molecule has 2 aromatic heterocycles. The third kappa shape index (κ3) is 6.45. The Balaban J connectivity index is 1.65. The van der Waals surface area contributed by atoms with Crippen LogP contribution in [0.2, 0.25) is 18.1 Å². The molecule has 0 saturated carbocycles. The van der Waals surface area contributed by atoms with Gasteiger partial charge in [0.2, 0.25) is 8.32 Å². The molecule has 1 saturated heterocycles. The Labute approximate surface area is 222 Å². The highest BCUT2D eigenvalue weighted by Crippen LogP contribution is 2.40. The minimum atomic E-state index is -1.98. The van der Waals surface area contributed by atoms with Crippen LogP contribution in [0.25, 0.3) is 22.2 Å². The molecular weight excluding hydrogens is 484 g/mol. The van der Waals surface area contributed by atoms with E-state index in [4.69, 9.17) is 24.1 Å². The van der Waals surface area contributed by atoms with E-state index in [1.165, 1.54) is 0 Å².